The van der Waals surface area contributed by atoms with Crippen molar-refractivity contribution in [1.29, 1.82) is 0 Å². The van der Waals surface area contributed by atoms with Crippen molar-refractivity contribution in [1.82, 2.24) is 0 Å². The van der Waals surface area contributed by atoms with Gasteiger partial charge in [0.05, 0.1) is 11.4 Å². The molecule has 4 aliphatic rings. The fourth-order valence-electron chi connectivity index (χ4n) is 11.8. The third-order valence-corrected chi connectivity index (χ3v) is 18.6. The molecule has 0 N–H and O–H groups in total. The number of benzene rings is 5. The maximum Gasteiger partial charge on any atom is 0.277 e. The molecule has 0 saturated carbocycles. The van der Waals surface area contributed by atoms with Gasteiger partial charge in [-0.05, 0) is 158 Å². The van der Waals surface area contributed by atoms with Crippen LogP contribution in [0.2, 0.25) is 0 Å². The Bertz CT molecular complexity index is 2890. The maximum atomic E-state index is 17.1. The number of fused-ring (bicyclic) bond motifs is 10. The van der Waals surface area contributed by atoms with E-state index in [1.54, 1.807) is 0 Å². The summed E-state index contributed by atoms with van der Waals surface area (Å²) in [6.07, 6.45) is 4.64. The summed E-state index contributed by atoms with van der Waals surface area (Å²) in [7, 11) is 0. The molecule has 5 aromatic carbocycles. The van der Waals surface area contributed by atoms with Gasteiger partial charge in [0.2, 0.25) is 0 Å². The normalized spacial score (nSPS) is 19.0. The first-order valence-electron chi connectivity index (χ1n) is 23.7. The first-order chi connectivity index (χ1) is 29.9. The highest BCUT2D eigenvalue weighted by atomic mass is 32.1. The summed E-state index contributed by atoms with van der Waals surface area (Å²) in [6.45, 7) is 33.1. The fraction of sp³-hybridized carbons (Fsp3) is 0.414. The number of nitrogens with zero attached hydrogens (tertiary/aromatic N) is 2. The van der Waals surface area contributed by atoms with Gasteiger partial charge in [-0.1, -0.05) is 121 Å². The number of hydrogen-bond acceptors (Lipinski definition) is 4. The van der Waals surface area contributed by atoms with Crippen molar-refractivity contribution in [2.45, 2.75) is 155 Å². The molecular formula is C58H64BFN2S2. The molecule has 0 saturated heterocycles. The van der Waals surface area contributed by atoms with E-state index in [0.29, 0.717) is 0 Å². The van der Waals surface area contributed by atoms with Gasteiger partial charge in [-0.25, -0.2) is 4.39 Å². The summed E-state index contributed by atoms with van der Waals surface area (Å²) in [4.78, 5) is 4.88. The second kappa shape index (κ2) is 13.4. The zero-order chi connectivity index (χ0) is 45.4. The maximum absolute atomic E-state index is 17.1. The van der Waals surface area contributed by atoms with Gasteiger partial charge in [-0.2, -0.15) is 0 Å². The molecule has 64 heavy (non-hydrogen) atoms. The summed E-state index contributed by atoms with van der Waals surface area (Å²) < 4.78 is 22.5. The van der Waals surface area contributed by atoms with Gasteiger partial charge in [-0.3, -0.25) is 0 Å². The van der Waals surface area contributed by atoms with Gasteiger partial charge in [0, 0.05) is 52.5 Å². The van der Waals surface area contributed by atoms with Gasteiger partial charge in [0.25, 0.3) is 6.71 Å². The average Bonchev–Trinajstić information content (AvgIpc) is 3.78. The van der Waals surface area contributed by atoms with Gasteiger partial charge in [0.15, 0.2) is 0 Å². The lowest BCUT2D eigenvalue weighted by atomic mass is 9.39. The lowest BCUT2D eigenvalue weighted by Crippen LogP contribution is -2.59. The van der Waals surface area contributed by atoms with Crippen molar-refractivity contribution >= 4 is 98.7 Å². The van der Waals surface area contributed by atoms with Crippen LogP contribution in [0.4, 0.5) is 38.5 Å². The third kappa shape index (κ3) is 6.13. The Kier molecular flexibility index (Phi) is 8.83. The van der Waals surface area contributed by atoms with Crippen LogP contribution >= 0.6 is 22.7 Å². The van der Waals surface area contributed by atoms with Crippen LogP contribution < -0.4 is 24.8 Å². The molecule has 2 nitrogen and oxygen atoms in total. The van der Waals surface area contributed by atoms with Crippen molar-refractivity contribution in [3.05, 3.63) is 124 Å². The monoisotopic (exact) mass is 882 g/mol. The van der Waals surface area contributed by atoms with Crippen LogP contribution in [0.25, 0.3) is 20.2 Å². The predicted molar refractivity (Wildman–Crippen MR) is 279 cm³/mol. The van der Waals surface area contributed by atoms with E-state index in [2.05, 4.69) is 180 Å². The molecule has 328 valence electrons. The largest absolute Gasteiger partial charge is 0.310 e. The molecule has 0 amide bonds. The van der Waals surface area contributed by atoms with Crippen LogP contribution in [0.15, 0.2) is 84.9 Å². The second-order valence-corrected chi connectivity index (χ2v) is 26.7. The van der Waals surface area contributed by atoms with Crippen LogP contribution in [0.3, 0.4) is 0 Å². The lowest BCUT2D eigenvalue weighted by molar-refractivity contribution is 0.332. The van der Waals surface area contributed by atoms with Crippen molar-refractivity contribution < 1.29 is 4.39 Å². The van der Waals surface area contributed by atoms with E-state index < -0.39 is 0 Å². The van der Waals surface area contributed by atoms with Gasteiger partial charge >= 0.3 is 0 Å². The number of thiophene rings is 2. The topological polar surface area (TPSA) is 6.48 Å². The van der Waals surface area contributed by atoms with Crippen LogP contribution in [-0.4, -0.2) is 6.71 Å². The first-order valence-corrected chi connectivity index (χ1v) is 25.4. The van der Waals surface area contributed by atoms with E-state index in [-0.39, 0.29) is 45.0 Å². The molecule has 2 aliphatic carbocycles. The Morgan fingerprint density at radius 2 is 0.812 bits per heavy atom. The summed E-state index contributed by atoms with van der Waals surface area (Å²) in [5, 5.41) is 2.56. The van der Waals surface area contributed by atoms with Crippen LogP contribution in [0, 0.1) is 5.82 Å². The first kappa shape index (κ1) is 42.3. The Morgan fingerprint density at radius 1 is 0.484 bits per heavy atom. The molecule has 0 unspecified atom stereocenters. The summed E-state index contributed by atoms with van der Waals surface area (Å²) in [5.41, 5.74) is 16.3. The molecule has 0 spiro atoms. The molecule has 2 aromatic heterocycles. The summed E-state index contributed by atoms with van der Waals surface area (Å²) in [5.74, 6) is -0.216. The van der Waals surface area contributed by atoms with Crippen LogP contribution in [0.1, 0.15) is 156 Å². The van der Waals surface area contributed by atoms with Crippen molar-refractivity contribution in [3.63, 3.8) is 0 Å². The molecular weight excluding hydrogens is 819 g/mol. The molecule has 0 atom stereocenters. The van der Waals surface area contributed by atoms with E-state index in [4.69, 9.17) is 0 Å². The quantitative estimate of drug-likeness (QED) is 0.160. The zero-order valence-corrected chi connectivity index (χ0v) is 42.2. The summed E-state index contributed by atoms with van der Waals surface area (Å²) >= 11 is 3.95. The minimum Gasteiger partial charge on any atom is -0.310 e. The van der Waals surface area contributed by atoms with Gasteiger partial charge < -0.3 is 9.80 Å². The Labute approximate surface area is 390 Å². The highest BCUT2D eigenvalue weighted by Crippen LogP contribution is 2.55. The highest BCUT2D eigenvalue weighted by Gasteiger charge is 2.49. The molecule has 2 aliphatic heterocycles. The Balaban J connectivity index is 1.27. The smallest absolute Gasteiger partial charge is 0.277 e. The molecule has 11 rings (SSSR count). The number of rotatable bonds is 2. The Morgan fingerprint density at radius 3 is 1.14 bits per heavy atom. The molecule has 4 heterocycles. The second-order valence-electron chi connectivity index (χ2n) is 24.5. The Hall–Kier alpha value is -4.39. The van der Waals surface area contributed by atoms with Crippen LogP contribution in [-0.2, 0) is 32.5 Å². The van der Waals surface area contributed by atoms with E-state index in [1.807, 2.05) is 34.8 Å². The summed E-state index contributed by atoms with van der Waals surface area (Å²) in [6, 6.07) is 32.1. The molecule has 7 aromatic rings. The fourth-order valence-corrected chi connectivity index (χ4v) is 14.5. The molecule has 0 fully saturated rings. The highest BCUT2D eigenvalue weighted by molar-refractivity contribution is 7.40. The average molecular weight is 883 g/mol. The zero-order valence-electron chi connectivity index (χ0n) is 40.6. The lowest BCUT2D eigenvalue weighted by Gasteiger charge is -2.43. The van der Waals surface area contributed by atoms with Crippen molar-refractivity contribution in [2.75, 3.05) is 9.80 Å². The van der Waals surface area contributed by atoms with Gasteiger partial charge in [-0.15, -0.1) is 22.7 Å². The van der Waals surface area contributed by atoms with E-state index in [0.717, 1.165) is 35.6 Å². The van der Waals surface area contributed by atoms with E-state index in [9.17, 15) is 0 Å². The molecule has 0 bridgehead atoms. The number of halogens is 1. The predicted octanol–water partition coefficient (Wildman–Crippen LogP) is 15.6. The van der Waals surface area contributed by atoms with Crippen molar-refractivity contribution in [2.24, 2.45) is 0 Å². The number of hydrogen-bond donors (Lipinski definition) is 0. The molecule has 6 heteroatoms. The SMILES string of the molecule is CC(C)(C)c1ccc(N2c3cc(F)cc4c3B(c3sc5cc6c(cc5c32)C(C)(C)CCC6(C)C)c2sc3cc5c(cc3c2N4c2ccc(C(C)(C)C)cc2)C(C)(C)CCC5(C)C)cc1. The minimum atomic E-state index is -0.216. The van der Waals surface area contributed by atoms with Crippen molar-refractivity contribution in [3.8, 4) is 0 Å². The van der Waals surface area contributed by atoms with E-state index >= 15 is 4.39 Å². The van der Waals surface area contributed by atoms with Gasteiger partial charge in [0.1, 0.15) is 5.82 Å². The standard InChI is InChI=1S/C58H64BFN2S2/c1-53(2,3)33-15-19-36(20-16-33)61-44-27-35(60)28-45-48(44)59(51-49(61)38-29-40-42(31-46(38)63-51)57(11,12)25-23-55(40,7)8)52-50(62(45)37-21-17-34(18-22-37)54(4,5)6)39-30-41-43(32-47(39)64-52)58(13,14)26-24-56(41,9)10/h15-22,27-32H,23-26H2,1-14H3. The molecule has 0 radical (unpaired) electrons. The number of anilines is 6. The van der Waals surface area contributed by atoms with E-state index in [1.165, 1.54) is 92.8 Å². The van der Waals surface area contributed by atoms with Crippen LogP contribution in [0.5, 0.6) is 0 Å². The minimum absolute atomic E-state index is 0.00545. The third-order valence-electron chi connectivity index (χ3n) is 16.1.